The van der Waals surface area contributed by atoms with Gasteiger partial charge in [-0.2, -0.15) is 0 Å². The molecule has 5 rings (SSSR count). The summed E-state index contributed by atoms with van der Waals surface area (Å²) in [4.78, 5) is 16.0. The number of aryl methyl sites for hydroxylation is 1. The minimum absolute atomic E-state index is 0.295. The molecule has 0 saturated carbocycles. The van der Waals surface area contributed by atoms with Gasteiger partial charge in [0.2, 0.25) is 0 Å². The Kier molecular flexibility index (Phi) is 3.21. The Morgan fingerprint density at radius 1 is 1.20 bits per heavy atom. The van der Waals surface area contributed by atoms with E-state index in [9.17, 15) is 4.39 Å². The van der Waals surface area contributed by atoms with E-state index in [1.54, 1.807) is 12.3 Å². The fourth-order valence-electron chi connectivity index (χ4n) is 3.76. The predicted octanol–water partition coefficient (Wildman–Crippen LogP) is 3.12. The summed E-state index contributed by atoms with van der Waals surface area (Å²) in [6.07, 6.45) is 3.22. The number of hydrogen-bond acceptors (Lipinski definition) is 5. The van der Waals surface area contributed by atoms with Gasteiger partial charge >= 0.3 is 0 Å². The van der Waals surface area contributed by atoms with E-state index < -0.39 is 0 Å². The van der Waals surface area contributed by atoms with Crippen LogP contribution in [0.1, 0.15) is 12.1 Å². The zero-order valence-electron chi connectivity index (χ0n) is 13.8. The molecule has 2 aliphatic rings. The normalized spacial score (nSPS) is 22.1. The average Bonchev–Trinajstić information content (AvgIpc) is 3.25. The summed E-state index contributed by atoms with van der Waals surface area (Å²) < 4.78 is 19.2. The van der Waals surface area contributed by atoms with Gasteiger partial charge in [0, 0.05) is 35.5 Å². The van der Waals surface area contributed by atoms with E-state index in [4.69, 9.17) is 4.74 Å². The van der Waals surface area contributed by atoms with Crippen LogP contribution in [-0.2, 0) is 4.74 Å². The molecule has 0 aliphatic carbocycles. The molecule has 3 aromatic rings. The number of ether oxygens (including phenoxy) is 1. The Balaban J connectivity index is 1.50. The van der Waals surface area contributed by atoms with E-state index in [0.717, 1.165) is 42.0 Å². The average molecular weight is 336 g/mol. The molecule has 5 nitrogen and oxygen atoms in total. The molecule has 2 atom stereocenters. The fourth-order valence-corrected chi connectivity index (χ4v) is 3.76. The van der Waals surface area contributed by atoms with Crippen molar-refractivity contribution < 1.29 is 9.13 Å². The minimum Gasteiger partial charge on any atom is -0.374 e. The van der Waals surface area contributed by atoms with E-state index in [0.29, 0.717) is 23.5 Å². The summed E-state index contributed by atoms with van der Waals surface area (Å²) in [6, 6.07) is 9.01. The lowest BCUT2D eigenvalue weighted by atomic mass is 10.1. The van der Waals surface area contributed by atoms with Gasteiger partial charge in [0.25, 0.3) is 0 Å². The molecule has 2 saturated heterocycles. The number of rotatable bonds is 2. The van der Waals surface area contributed by atoms with Gasteiger partial charge < -0.3 is 9.64 Å². The molecule has 2 bridgehead atoms. The van der Waals surface area contributed by atoms with Crippen LogP contribution in [-0.4, -0.2) is 40.2 Å². The van der Waals surface area contributed by atoms with Crippen LogP contribution in [0, 0.1) is 12.7 Å². The number of pyridine rings is 1. The van der Waals surface area contributed by atoms with Gasteiger partial charge in [-0.3, -0.25) is 0 Å². The van der Waals surface area contributed by atoms with Crippen LogP contribution in [0.2, 0.25) is 0 Å². The largest absolute Gasteiger partial charge is 0.374 e. The Labute approximate surface area is 144 Å². The highest BCUT2D eigenvalue weighted by atomic mass is 19.1. The predicted molar refractivity (Wildman–Crippen MR) is 93.0 cm³/mol. The Hall–Kier alpha value is -2.60. The highest BCUT2D eigenvalue weighted by molar-refractivity contribution is 5.82. The fraction of sp³-hybridized carbons (Fsp3) is 0.316. The van der Waals surface area contributed by atoms with E-state index in [1.807, 2.05) is 19.1 Å². The van der Waals surface area contributed by atoms with Gasteiger partial charge in [0.15, 0.2) is 5.82 Å². The number of benzene rings is 1. The minimum atomic E-state index is -0.295. The first-order valence-corrected chi connectivity index (χ1v) is 8.46. The summed E-state index contributed by atoms with van der Waals surface area (Å²) in [7, 11) is 0. The first-order chi connectivity index (χ1) is 12.2. The lowest BCUT2D eigenvalue weighted by molar-refractivity contribution is 0.0989. The third kappa shape index (κ3) is 2.44. The first-order valence-electron chi connectivity index (χ1n) is 8.46. The van der Waals surface area contributed by atoms with E-state index in [-0.39, 0.29) is 5.82 Å². The number of halogens is 1. The standard InChI is InChI=1S/C19H17FN4O/c1-11-16-4-3-13(20)6-17(16)23-19(22-11)12-2-5-18(21-8-12)24-9-15-7-14(24)10-25-15/h2-6,8,14-15H,7,9-10H2,1H3/t14-,15-/m0/s1. The van der Waals surface area contributed by atoms with Crippen molar-refractivity contribution in [1.29, 1.82) is 0 Å². The van der Waals surface area contributed by atoms with Gasteiger partial charge in [-0.15, -0.1) is 0 Å². The third-order valence-corrected chi connectivity index (χ3v) is 5.05. The molecular formula is C19H17FN4O. The molecule has 0 spiro atoms. The van der Waals surface area contributed by atoms with Crippen molar-refractivity contribution in [3.05, 3.63) is 48.0 Å². The number of nitrogens with zero attached hydrogens (tertiary/aromatic N) is 4. The molecule has 4 heterocycles. The van der Waals surface area contributed by atoms with E-state index >= 15 is 0 Å². The van der Waals surface area contributed by atoms with Crippen molar-refractivity contribution in [3.63, 3.8) is 0 Å². The number of aromatic nitrogens is 3. The number of hydrogen-bond donors (Lipinski definition) is 0. The molecule has 1 aromatic carbocycles. The molecule has 126 valence electrons. The van der Waals surface area contributed by atoms with Crippen molar-refractivity contribution >= 4 is 16.7 Å². The Morgan fingerprint density at radius 3 is 2.84 bits per heavy atom. The molecule has 2 aromatic heterocycles. The van der Waals surface area contributed by atoms with Crippen molar-refractivity contribution in [3.8, 4) is 11.4 Å². The maximum Gasteiger partial charge on any atom is 0.161 e. The summed E-state index contributed by atoms with van der Waals surface area (Å²) >= 11 is 0. The molecule has 2 aliphatic heterocycles. The highest BCUT2D eigenvalue weighted by Gasteiger charge is 2.39. The van der Waals surface area contributed by atoms with Gasteiger partial charge in [-0.1, -0.05) is 0 Å². The van der Waals surface area contributed by atoms with Crippen LogP contribution in [0.4, 0.5) is 10.2 Å². The third-order valence-electron chi connectivity index (χ3n) is 5.05. The van der Waals surface area contributed by atoms with Crippen molar-refractivity contribution in [1.82, 2.24) is 15.0 Å². The van der Waals surface area contributed by atoms with Crippen LogP contribution >= 0.6 is 0 Å². The second-order valence-electron chi connectivity index (χ2n) is 6.70. The van der Waals surface area contributed by atoms with Crippen LogP contribution < -0.4 is 4.90 Å². The zero-order valence-corrected chi connectivity index (χ0v) is 13.8. The Morgan fingerprint density at radius 2 is 2.12 bits per heavy atom. The first kappa shape index (κ1) is 14.7. The lowest BCUT2D eigenvalue weighted by Crippen LogP contribution is -2.37. The molecule has 6 heteroatoms. The molecule has 0 unspecified atom stereocenters. The zero-order chi connectivity index (χ0) is 17.0. The van der Waals surface area contributed by atoms with Crippen molar-refractivity contribution in [2.24, 2.45) is 0 Å². The number of anilines is 1. The van der Waals surface area contributed by atoms with E-state index in [2.05, 4.69) is 19.9 Å². The molecule has 0 N–H and O–H groups in total. The summed E-state index contributed by atoms with van der Waals surface area (Å²) in [5, 5.41) is 0.864. The quantitative estimate of drug-likeness (QED) is 0.720. The van der Waals surface area contributed by atoms with E-state index in [1.165, 1.54) is 12.1 Å². The highest BCUT2D eigenvalue weighted by Crippen LogP contribution is 2.32. The smallest absolute Gasteiger partial charge is 0.161 e. The van der Waals surface area contributed by atoms with Gasteiger partial charge in [0.1, 0.15) is 11.6 Å². The number of morpholine rings is 1. The van der Waals surface area contributed by atoms with Crippen LogP contribution in [0.15, 0.2) is 36.5 Å². The van der Waals surface area contributed by atoms with Crippen LogP contribution in [0.25, 0.3) is 22.3 Å². The van der Waals surface area contributed by atoms with Gasteiger partial charge in [-0.05, 0) is 37.6 Å². The van der Waals surface area contributed by atoms with Crippen LogP contribution in [0.3, 0.4) is 0 Å². The summed E-state index contributed by atoms with van der Waals surface area (Å²) in [5.74, 6) is 1.24. The van der Waals surface area contributed by atoms with Gasteiger partial charge in [0.05, 0.1) is 24.3 Å². The maximum atomic E-state index is 13.5. The topological polar surface area (TPSA) is 51.1 Å². The SMILES string of the molecule is Cc1nc(-c2ccc(N3C[C@@H]4C[C@H]3CO4)nc2)nc2cc(F)ccc12. The monoisotopic (exact) mass is 336 g/mol. The second kappa shape index (κ2) is 5.46. The molecule has 0 amide bonds. The molecule has 25 heavy (non-hydrogen) atoms. The van der Waals surface area contributed by atoms with Crippen LogP contribution in [0.5, 0.6) is 0 Å². The molecular weight excluding hydrogens is 319 g/mol. The maximum absolute atomic E-state index is 13.5. The Bertz CT molecular complexity index is 960. The van der Waals surface area contributed by atoms with Crippen molar-refractivity contribution in [2.45, 2.75) is 25.5 Å². The number of fused-ring (bicyclic) bond motifs is 3. The summed E-state index contributed by atoms with van der Waals surface area (Å²) in [6.45, 7) is 3.60. The van der Waals surface area contributed by atoms with Crippen molar-refractivity contribution in [2.75, 3.05) is 18.1 Å². The second-order valence-corrected chi connectivity index (χ2v) is 6.70. The molecule has 0 radical (unpaired) electrons. The molecule has 2 fully saturated rings. The summed E-state index contributed by atoms with van der Waals surface area (Å²) in [5.41, 5.74) is 2.28. The lowest BCUT2D eigenvalue weighted by Gasteiger charge is -2.27. The van der Waals surface area contributed by atoms with Gasteiger partial charge in [-0.25, -0.2) is 19.3 Å².